The predicted molar refractivity (Wildman–Crippen MR) is 74.9 cm³/mol. The zero-order valence-corrected chi connectivity index (χ0v) is 12.3. The van der Waals surface area contributed by atoms with Crippen molar-refractivity contribution in [3.8, 4) is 11.8 Å². The molecular formula is C16H10F4N2O2. The summed E-state index contributed by atoms with van der Waals surface area (Å²) >= 11 is 0. The third-order valence-electron chi connectivity index (χ3n) is 2.77. The van der Waals surface area contributed by atoms with E-state index in [0.717, 1.165) is 24.3 Å². The first-order valence-corrected chi connectivity index (χ1v) is 6.71. The molecule has 0 unspecified atom stereocenters. The van der Waals surface area contributed by atoms with Crippen molar-refractivity contribution in [3.05, 3.63) is 58.9 Å². The summed E-state index contributed by atoms with van der Waals surface area (Å²) in [4.78, 5) is 11.2. The van der Waals surface area contributed by atoms with Gasteiger partial charge in [-0.2, -0.15) is 8.78 Å². The Kier molecular flexibility index (Phi) is 5.14. The number of rotatable bonds is 3. The van der Waals surface area contributed by atoms with E-state index in [9.17, 15) is 22.4 Å². The van der Waals surface area contributed by atoms with Gasteiger partial charge in [-0.25, -0.2) is 13.6 Å². The number of hydrogen-bond acceptors (Lipinski definition) is 4. The molecule has 0 saturated carbocycles. The Bertz CT molecular complexity index is 811. The highest BCUT2D eigenvalue weighted by Crippen LogP contribution is 2.27. The van der Waals surface area contributed by atoms with E-state index in [2.05, 4.69) is 26.8 Å². The summed E-state index contributed by atoms with van der Waals surface area (Å²) in [7, 11) is 0. The van der Waals surface area contributed by atoms with Crippen molar-refractivity contribution in [2.75, 3.05) is 6.61 Å². The van der Waals surface area contributed by atoms with Crippen LogP contribution in [0.1, 0.15) is 23.9 Å². The number of halogens is 4. The number of carbonyl (C=O) groups excluding carboxylic acids is 1. The maximum Gasteiger partial charge on any atom is 0.386 e. The molecule has 0 amide bonds. The molecule has 124 valence electrons. The standard InChI is InChI=1S/C16H10F4N2O2/c1-2-24-15(23)16(19,20)14-8-6-11(21-22-14)5-3-10-4-7-12(17)13(18)9-10/h4,6-9H,2H2,1H3. The van der Waals surface area contributed by atoms with E-state index in [-0.39, 0.29) is 17.9 Å². The highest BCUT2D eigenvalue weighted by atomic mass is 19.3. The van der Waals surface area contributed by atoms with Crippen molar-refractivity contribution < 1.29 is 27.1 Å². The molecule has 0 aliphatic carbocycles. The van der Waals surface area contributed by atoms with Gasteiger partial charge < -0.3 is 4.74 Å². The number of carbonyl (C=O) groups is 1. The Hall–Kier alpha value is -2.95. The Morgan fingerprint density at radius 1 is 1.12 bits per heavy atom. The number of esters is 1. The molecule has 24 heavy (non-hydrogen) atoms. The summed E-state index contributed by atoms with van der Waals surface area (Å²) in [5.74, 6) is -2.75. The maximum atomic E-state index is 13.7. The van der Waals surface area contributed by atoms with Crippen LogP contribution in [0.4, 0.5) is 17.6 Å². The van der Waals surface area contributed by atoms with Crippen LogP contribution < -0.4 is 0 Å². The number of alkyl halides is 2. The topological polar surface area (TPSA) is 52.1 Å². The van der Waals surface area contributed by atoms with Crippen LogP contribution in [0.2, 0.25) is 0 Å². The fourth-order valence-electron chi connectivity index (χ4n) is 1.60. The summed E-state index contributed by atoms with van der Waals surface area (Å²) in [6.45, 7) is 1.20. The molecule has 0 N–H and O–H groups in total. The SMILES string of the molecule is CCOC(=O)C(F)(F)c1ccc(C#Cc2ccc(F)c(F)c2)nn1. The van der Waals surface area contributed by atoms with Crippen LogP contribution in [0.5, 0.6) is 0 Å². The first-order valence-electron chi connectivity index (χ1n) is 6.71. The zero-order chi connectivity index (χ0) is 17.7. The van der Waals surface area contributed by atoms with Gasteiger partial charge >= 0.3 is 11.9 Å². The van der Waals surface area contributed by atoms with E-state index >= 15 is 0 Å². The van der Waals surface area contributed by atoms with Gasteiger partial charge in [-0.15, -0.1) is 10.2 Å². The lowest BCUT2D eigenvalue weighted by molar-refractivity contribution is -0.173. The number of ether oxygens (including phenoxy) is 1. The van der Waals surface area contributed by atoms with E-state index in [1.54, 1.807) is 0 Å². The van der Waals surface area contributed by atoms with Gasteiger partial charge in [-0.1, -0.05) is 5.92 Å². The summed E-state index contributed by atoms with van der Waals surface area (Å²) in [5.41, 5.74) is -0.681. The van der Waals surface area contributed by atoms with Gasteiger partial charge in [-0.05, 0) is 43.2 Å². The zero-order valence-electron chi connectivity index (χ0n) is 12.3. The summed E-state index contributed by atoms with van der Waals surface area (Å²) in [6.07, 6.45) is 0. The second kappa shape index (κ2) is 7.08. The molecule has 1 aromatic carbocycles. The largest absolute Gasteiger partial charge is 0.461 e. The quantitative estimate of drug-likeness (QED) is 0.491. The minimum absolute atomic E-state index is 0.0168. The van der Waals surface area contributed by atoms with Crippen molar-refractivity contribution in [2.24, 2.45) is 0 Å². The lowest BCUT2D eigenvalue weighted by atomic mass is 10.2. The van der Waals surface area contributed by atoms with Crippen LogP contribution in [0, 0.1) is 23.5 Å². The Morgan fingerprint density at radius 3 is 2.46 bits per heavy atom. The molecule has 1 heterocycles. The van der Waals surface area contributed by atoms with E-state index in [0.29, 0.717) is 0 Å². The van der Waals surface area contributed by atoms with Crippen LogP contribution in [0.3, 0.4) is 0 Å². The Balaban J connectivity index is 2.20. The Labute approximate surface area is 134 Å². The average molecular weight is 338 g/mol. The van der Waals surface area contributed by atoms with Crippen LogP contribution in [0.15, 0.2) is 30.3 Å². The Morgan fingerprint density at radius 2 is 1.88 bits per heavy atom. The molecular weight excluding hydrogens is 328 g/mol. The lowest BCUT2D eigenvalue weighted by Gasteiger charge is -2.12. The third-order valence-corrected chi connectivity index (χ3v) is 2.77. The van der Waals surface area contributed by atoms with Crippen molar-refractivity contribution in [1.82, 2.24) is 10.2 Å². The molecule has 0 fully saturated rings. The summed E-state index contributed by atoms with van der Waals surface area (Å²) < 4.78 is 57.5. The number of aromatic nitrogens is 2. The van der Waals surface area contributed by atoms with Crippen molar-refractivity contribution in [2.45, 2.75) is 12.8 Å². The molecule has 0 aliphatic rings. The number of hydrogen-bond donors (Lipinski definition) is 0. The van der Waals surface area contributed by atoms with Gasteiger partial charge in [0.2, 0.25) is 0 Å². The van der Waals surface area contributed by atoms with Crippen LogP contribution in [0.25, 0.3) is 0 Å². The minimum atomic E-state index is -3.92. The first-order chi connectivity index (χ1) is 11.3. The van der Waals surface area contributed by atoms with Gasteiger partial charge in [0.1, 0.15) is 11.4 Å². The van der Waals surface area contributed by atoms with E-state index in [1.165, 1.54) is 13.0 Å². The second-order valence-electron chi connectivity index (χ2n) is 4.48. The fourth-order valence-corrected chi connectivity index (χ4v) is 1.60. The van der Waals surface area contributed by atoms with E-state index in [1.807, 2.05) is 0 Å². The lowest BCUT2D eigenvalue weighted by Crippen LogP contribution is -2.29. The van der Waals surface area contributed by atoms with Gasteiger partial charge in [0.15, 0.2) is 11.6 Å². The van der Waals surface area contributed by atoms with E-state index in [4.69, 9.17) is 0 Å². The predicted octanol–water partition coefficient (Wildman–Crippen LogP) is 2.81. The maximum absolute atomic E-state index is 13.7. The molecule has 0 aliphatic heterocycles. The normalized spacial score (nSPS) is 10.7. The molecule has 4 nitrogen and oxygen atoms in total. The average Bonchev–Trinajstić information content (AvgIpc) is 2.56. The smallest absolute Gasteiger partial charge is 0.386 e. The molecule has 0 spiro atoms. The molecule has 8 heteroatoms. The van der Waals surface area contributed by atoms with Crippen molar-refractivity contribution >= 4 is 5.97 Å². The first kappa shape index (κ1) is 17.4. The van der Waals surface area contributed by atoms with Gasteiger partial charge in [0.25, 0.3) is 0 Å². The molecule has 2 aromatic rings. The molecule has 1 aromatic heterocycles. The second-order valence-corrected chi connectivity index (χ2v) is 4.48. The number of nitrogens with zero attached hydrogens (tertiary/aromatic N) is 2. The molecule has 0 atom stereocenters. The molecule has 0 radical (unpaired) electrons. The van der Waals surface area contributed by atoms with Gasteiger partial charge in [0.05, 0.1) is 6.61 Å². The molecule has 0 bridgehead atoms. The summed E-state index contributed by atoms with van der Waals surface area (Å²) in [5, 5.41) is 6.72. The summed E-state index contributed by atoms with van der Waals surface area (Å²) in [6, 6.07) is 5.07. The van der Waals surface area contributed by atoms with Crippen molar-refractivity contribution in [3.63, 3.8) is 0 Å². The van der Waals surface area contributed by atoms with Crippen molar-refractivity contribution in [1.29, 1.82) is 0 Å². The van der Waals surface area contributed by atoms with Crippen LogP contribution >= 0.6 is 0 Å². The highest BCUT2D eigenvalue weighted by Gasteiger charge is 2.44. The number of benzene rings is 1. The third kappa shape index (κ3) is 3.87. The highest BCUT2D eigenvalue weighted by molar-refractivity contribution is 5.78. The monoisotopic (exact) mass is 338 g/mol. The van der Waals surface area contributed by atoms with Crippen LogP contribution in [-0.2, 0) is 15.5 Å². The van der Waals surface area contributed by atoms with Gasteiger partial charge in [0, 0.05) is 5.56 Å². The minimum Gasteiger partial charge on any atom is -0.461 e. The fraction of sp³-hybridized carbons (Fsp3) is 0.188. The van der Waals surface area contributed by atoms with E-state index < -0.39 is 29.2 Å². The van der Waals surface area contributed by atoms with Gasteiger partial charge in [-0.3, -0.25) is 0 Å². The molecule has 0 saturated heterocycles. The van der Waals surface area contributed by atoms with Crippen LogP contribution in [-0.4, -0.2) is 22.8 Å². The molecule has 2 rings (SSSR count).